The Morgan fingerprint density at radius 3 is 3.38 bits per heavy atom. The Labute approximate surface area is 79.9 Å². The summed E-state index contributed by atoms with van der Waals surface area (Å²) in [5, 5.41) is 1.52. The largest absolute Gasteiger partial charge is 0.488 e. The normalized spacial score (nSPS) is 14.5. The molecular formula is C9H7ClN2O. The Kier molecular flexibility index (Phi) is 1.32. The van der Waals surface area contributed by atoms with Crippen LogP contribution in [0.25, 0.3) is 10.9 Å². The number of rotatable bonds is 0. The molecule has 0 aliphatic carbocycles. The van der Waals surface area contributed by atoms with Crippen molar-refractivity contribution in [2.45, 2.75) is 6.54 Å². The molecule has 0 spiro atoms. The zero-order valence-corrected chi connectivity index (χ0v) is 7.58. The summed E-state index contributed by atoms with van der Waals surface area (Å²) < 4.78 is 7.61. The Morgan fingerprint density at radius 1 is 1.54 bits per heavy atom. The summed E-state index contributed by atoms with van der Waals surface area (Å²) >= 11 is 5.94. The predicted octanol–water partition coefficient (Wildman–Crippen LogP) is 2.08. The van der Waals surface area contributed by atoms with E-state index in [0.29, 0.717) is 11.8 Å². The highest BCUT2D eigenvalue weighted by atomic mass is 35.5. The molecule has 66 valence electrons. The molecule has 0 atom stereocenters. The third kappa shape index (κ3) is 0.877. The summed E-state index contributed by atoms with van der Waals surface area (Å²) in [6, 6.07) is 1.98. The fourth-order valence-electron chi connectivity index (χ4n) is 1.71. The molecule has 0 saturated carbocycles. The Balaban J connectivity index is 2.50. The fraction of sp³-hybridized carbons (Fsp3) is 0.222. The van der Waals surface area contributed by atoms with Gasteiger partial charge in [-0.05, 0) is 6.07 Å². The van der Waals surface area contributed by atoms with Gasteiger partial charge < -0.3 is 9.30 Å². The van der Waals surface area contributed by atoms with Crippen LogP contribution in [0.1, 0.15) is 0 Å². The smallest absolute Gasteiger partial charge is 0.162 e. The molecule has 0 aromatic carbocycles. The van der Waals surface area contributed by atoms with Gasteiger partial charge in [-0.2, -0.15) is 0 Å². The molecule has 2 aromatic heterocycles. The minimum Gasteiger partial charge on any atom is -0.488 e. The van der Waals surface area contributed by atoms with Crippen LogP contribution in [0.4, 0.5) is 0 Å². The average Bonchev–Trinajstić information content (AvgIpc) is 2.57. The molecule has 0 saturated heterocycles. The zero-order chi connectivity index (χ0) is 8.84. The third-order valence-corrected chi connectivity index (χ3v) is 2.61. The van der Waals surface area contributed by atoms with E-state index in [1.54, 1.807) is 6.20 Å². The van der Waals surface area contributed by atoms with E-state index in [1.807, 2.05) is 12.3 Å². The van der Waals surface area contributed by atoms with Gasteiger partial charge in [0.25, 0.3) is 0 Å². The van der Waals surface area contributed by atoms with Crippen LogP contribution in [0.3, 0.4) is 0 Å². The lowest BCUT2D eigenvalue weighted by Crippen LogP contribution is -2.13. The highest BCUT2D eigenvalue weighted by Gasteiger charge is 2.15. The van der Waals surface area contributed by atoms with E-state index < -0.39 is 0 Å². The van der Waals surface area contributed by atoms with Gasteiger partial charge >= 0.3 is 0 Å². The van der Waals surface area contributed by atoms with Crippen molar-refractivity contribution in [2.24, 2.45) is 0 Å². The van der Waals surface area contributed by atoms with E-state index in [9.17, 15) is 0 Å². The standard InChI is InChI=1S/C9H7ClN2O/c10-9-6-1-2-12-3-4-13-7(5-11-9)8(6)12/h1-2,5H,3-4H2. The second kappa shape index (κ2) is 2.39. The number of pyridine rings is 1. The number of ether oxygens (including phenoxy) is 1. The van der Waals surface area contributed by atoms with E-state index >= 15 is 0 Å². The molecule has 1 aliphatic rings. The zero-order valence-electron chi connectivity index (χ0n) is 6.83. The van der Waals surface area contributed by atoms with E-state index in [2.05, 4.69) is 9.55 Å². The first-order valence-electron chi connectivity index (χ1n) is 4.12. The van der Waals surface area contributed by atoms with Crippen molar-refractivity contribution < 1.29 is 4.74 Å². The molecule has 1 aliphatic heterocycles. The molecule has 0 radical (unpaired) electrons. The van der Waals surface area contributed by atoms with E-state index in [4.69, 9.17) is 16.3 Å². The molecule has 3 nitrogen and oxygen atoms in total. The van der Waals surface area contributed by atoms with E-state index in [-0.39, 0.29) is 0 Å². The molecule has 0 bridgehead atoms. The van der Waals surface area contributed by atoms with Crippen molar-refractivity contribution in [3.63, 3.8) is 0 Å². The summed E-state index contributed by atoms with van der Waals surface area (Å²) in [5.41, 5.74) is 1.06. The molecule has 0 unspecified atom stereocenters. The van der Waals surface area contributed by atoms with Gasteiger partial charge in [0.2, 0.25) is 0 Å². The Hall–Kier alpha value is -1.22. The number of hydrogen-bond donors (Lipinski definition) is 0. The van der Waals surface area contributed by atoms with Crippen molar-refractivity contribution in [3.05, 3.63) is 23.6 Å². The minimum absolute atomic E-state index is 0.544. The van der Waals surface area contributed by atoms with Gasteiger partial charge in [0.15, 0.2) is 5.75 Å². The summed E-state index contributed by atoms with van der Waals surface area (Å²) in [6.45, 7) is 1.59. The van der Waals surface area contributed by atoms with E-state index in [1.165, 1.54) is 0 Å². The Morgan fingerprint density at radius 2 is 2.46 bits per heavy atom. The number of halogens is 1. The van der Waals surface area contributed by atoms with Crippen LogP contribution in [0, 0.1) is 0 Å². The van der Waals surface area contributed by atoms with Gasteiger partial charge in [-0.25, -0.2) is 4.98 Å². The molecule has 2 aromatic rings. The molecule has 0 N–H and O–H groups in total. The lowest BCUT2D eigenvalue weighted by molar-refractivity contribution is 0.286. The number of nitrogens with zero attached hydrogens (tertiary/aromatic N) is 2. The first-order valence-corrected chi connectivity index (χ1v) is 4.50. The summed E-state index contributed by atoms with van der Waals surface area (Å²) in [7, 11) is 0. The second-order valence-corrected chi connectivity index (χ2v) is 3.39. The van der Waals surface area contributed by atoms with Crippen molar-refractivity contribution in [1.82, 2.24) is 9.55 Å². The molecule has 13 heavy (non-hydrogen) atoms. The summed E-state index contributed by atoms with van der Waals surface area (Å²) in [4.78, 5) is 4.05. The first-order chi connectivity index (χ1) is 6.36. The summed E-state index contributed by atoms with van der Waals surface area (Å²) in [6.07, 6.45) is 3.70. The van der Waals surface area contributed by atoms with Crippen molar-refractivity contribution in [2.75, 3.05) is 6.61 Å². The molecule has 0 fully saturated rings. The average molecular weight is 195 g/mol. The van der Waals surface area contributed by atoms with Crippen LogP contribution in [0.2, 0.25) is 5.15 Å². The van der Waals surface area contributed by atoms with Gasteiger partial charge in [0, 0.05) is 11.6 Å². The molecular weight excluding hydrogens is 188 g/mol. The monoisotopic (exact) mass is 194 g/mol. The van der Waals surface area contributed by atoms with Crippen LogP contribution < -0.4 is 4.74 Å². The quantitative estimate of drug-likeness (QED) is 0.601. The second-order valence-electron chi connectivity index (χ2n) is 3.03. The topological polar surface area (TPSA) is 27.1 Å². The van der Waals surface area contributed by atoms with Crippen LogP contribution in [0.15, 0.2) is 18.5 Å². The third-order valence-electron chi connectivity index (χ3n) is 2.30. The molecule has 0 amide bonds. The van der Waals surface area contributed by atoms with Gasteiger partial charge in [0.05, 0.1) is 18.3 Å². The van der Waals surface area contributed by atoms with Crippen molar-refractivity contribution in [3.8, 4) is 5.75 Å². The van der Waals surface area contributed by atoms with E-state index in [0.717, 1.165) is 23.2 Å². The molecule has 4 heteroatoms. The summed E-state index contributed by atoms with van der Waals surface area (Å²) in [5.74, 6) is 0.829. The number of aromatic nitrogens is 2. The van der Waals surface area contributed by atoms with Gasteiger partial charge in [-0.15, -0.1) is 0 Å². The van der Waals surface area contributed by atoms with Crippen LogP contribution >= 0.6 is 11.6 Å². The fourth-order valence-corrected chi connectivity index (χ4v) is 1.91. The van der Waals surface area contributed by atoms with Gasteiger partial charge in [-0.1, -0.05) is 11.6 Å². The SMILES string of the molecule is Clc1ncc2c3c1ccn3CCO2. The lowest BCUT2D eigenvalue weighted by Gasteiger charge is -2.16. The maximum atomic E-state index is 5.94. The number of hydrogen-bond acceptors (Lipinski definition) is 2. The lowest BCUT2D eigenvalue weighted by atomic mass is 10.3. The van der Waals surface area contributed by atoms with Crippen molar-refractivity contribution in [1.29, 1.82) is 0 Å². The van der Waals surface area contributed by atoms with Crippen LogP contribution in [-0.4, -0.2) is 16.2 Å². The van der Waals surface area contributed by atoms with Crippen LogP contribution in [-0.2, 0) is 6.54 Å². The highest BCUT2D eigenvalue weighted by molar-refractivity contribution is 6.34. The van der Waals surface area contributed by atoms with Gasteiger partial charge in [-0.3, -0.25) is 0 Å². The van der Waals surface area contributed by atoms with Gasteiger partial charge in [0.1, 0.15) is 11.8 Å². The van der Waals surface area contributed by atoms with Crippen LogP contribution in [0.5, 0.6) is 5.75 Å². The maximum Gasteiger partial charge on any atom is 0.162 e. The molecule has 3 heterocycles. The predicted molar refractivity (Wildman–Crippen MR) is 50.2 cm³/mol. The van der Waals surface area contributed by atoms with Crippen molar-refractivity contribution >= 4 is 22.5 Å². The molecule has 3 rings (SSSR count). The Bertz CT molecular complexity index is 478. The maximum absolute atomic E-state index is 5.94. The highest BCUT2D eigenvalue weighted by Crippen LogP contribution is 2.32. The first kappa shape index (κ1) is 7.21. The minimum atomic E-state index is 0.544.